The molecule has 1 aliphatic heterocycles. The quantitative estimate of drug-likeness (QED) is 0.543. The normalized spacial score (nSPS) is 17.1. The Morgan fingerprint density at radius 1 is 1.14 bits per heavy atom. The summed E-state index contributed by atoms with van der Waals surface area (Å²) in [5.41, 5.74) is 8.91. The van der Waals surface area contributed by atoms with E-state index < -0.39 is 5.60 Å². The van der Waals surface area contributed by atoms with Gasteiger partial charge in [0.25, 0.3) is 0 Å². The third-order valence-corrected chi connectivity index (χ3v) is 5.78. The first-order valence-electron chi connectivity index (χ1n) is 10.5. The van der Waals surface area contributed by atoms with Gasteiger partial charge >= 0.3 is 0 Å². The maximum absolute atomic E-state index is 12.6. The van der Waals surface area contributed by atoms with Gasteiger partial charge in [-0.15, -0.1) is 0 Å². The minimum absolute atomic E-state index is 0.0261. The van der Waals surface area contributed by atoms with Gasteiger partial charge in [-0.1, -0.05) is 62.4 Å². The highest BCUT2D eigenvalue weighted by Gasteiger charge is 2.30. The van der Waals surface area contributed by atoms with Crippen LogP contribution in [0.4, 0.5) is 0 Å². The lowest BCUT2D eigenvalue weighted by molar-refractivity contribution is -0.122. The van der Waals surface area contributed by atoms with Crippen LogP contribution in [0, 0.1) is 5.92 Å². The van der Waals surface area contributed by atoms with E-state index in [1.807, 2.05) is 24.3 Å². The molecule has 1 aliphatic rings. The average molecular weight is 396 g/mol. The lowest BCUT2D eigenvalue weighted by Crippen LogP contribution is -2.39. The van der Waals surface area contributed by atoms with Gasteiger partial charge in [0.2, 0.25) is 5.91 Å². The summed E-state index contributed by atoms with van der Waals surface area (Å²) in [5, 5.41) is 17.0. The minimum Gasteiger partial charge on any atom is -0.385 e. The molecule has 3 rings (SSSR count). The van der Waals surface area contributed by atoms with Crippen LogP contribution in [0.1, 0.15) is 50.2 Å². The van der Waals surface area contributed by atoms with E-state index in [4.69, 9.17) is 5.73 Å². The number of amides is 1. The topological polar surface area (TPSA) is 87.4 Å². The van der Waals surface area contributed by atoms with E-state index in [1.165, 1.54) is 0 Å². The van der Waals surface area contributed by atoms with Gasteiger partial charge in [0.15, 0.2) is 0 Å². The van der Waals surface area contributed by atoms with Crippen LogP contribution < -0.4 is 16.4 Å². The van der Waals surface area contributed by atoms with Crippen molar-refractivity contribution in [3.8, 4) is 11.1 Å². The fourth-order valence-electron chi connectivity index (χ4n) is 4.13. The summed E-state index contributed by atoms with van der Waals surface area (Å²) in [5.74, 6) is 0.159. The first kappa shape index (κ1) is 21.5. The number of nitrogens with one attached hydrogen (secondary N) is 2. The minimum atomic E-state index is -0.742. The van der Waals surface area contributed by atoms with Crippen LogP contribution in [0.2, 0.25) is 0 Å². The molecule has 1 saturated heterocycles. The highest BCUT2D eigenvalue weighted by molar-refractivity contribution is 5.84. The van der Waals surface area contributed by atoms with Crippen LogP contribution in [0.5, 0.6) is 0 Å². The van der Waals surface area contributed by atoms with Crippen molar-refractivity contribution in [2.75, 3.05) is 19.8 Å². The molecule has 5 heteroatoms. The zero-order chi connectivity index (χ0) is 20.9. The number of carbonyl (C=O) groups excluding carboxylic acids is 1. The van der Waals surface area contributed by atoms with Crippen molar-refractivity contribution < 1.29 is 9.90 Å². The Morgan fingerprint density at radius 2 is 1.83 bits per heavy atom. The molecule has 1 unspecified atom stereocenters. The Bertz CT molecular complexity index is 811. The van der Waals surface area contributed by atoms with E-state index in [9.17, 15) is 9.90 Å². The second kappa shape index (κ2) is 9.53. The zero-order valence-electron chi connectivity index (χ0n) is 17.4. The third-order valence-electron chi connectivity index (χ3n) is 5.78. The predicted octanol–water partition coefficient (Wildman–Crippen LogP) is 3.09. The van der Waals surface area contributed by atoms with Crippen molar-refractivity contribution in [3.05, 3.63) is 59.7 Å². The van der Waals surface area contributed by atoms with E-state index in [1.54, 1.807) is 0 Å². The Morgan fingerprint density at radius 3 is 2.45 bits per heavy atom. The number of hydrogen-bond acceptors (Lipinski definition) is 4. The number of benzene rings is 2. The van der Waals surface area contributed by atoms with Gasteiger partial charge in [-0.05, 0) is 60.5 Å². The summed E-state index contributed by atoms with van der Waals surface area (Å²) < 4.78 is 0. The fourth-order valence-corrected chi connectivity index (χ4v) is 4.13. The van der Waals surface area contributed by atoms with Gasteiger partial charge in [0.05, 0.1) is 18.2 Å². The molecule has 1 atom stereocenters. The molecule has 5 N–H and O–H groups in total. The number of aliphatic hydroxyl groups is 1. The monoisotopic (exact) mass is 395 g/mol. The van der Waals surface area contributed by atoms with Gasteiger partial charge < -0.3 is 21.5 Å². The molecule has 29 heavy (non-hydrogen) atoms. The van der Waals surface area contributed by atoms with E-state index in [0.717, 1.165) is 54.6 Å². The predicted molar refractivity (Wildman–Crippen MR) is 117 cm³/mol. The smallest absolute Gasteiger partial charge is 0.228 e. The van der Waals surface area contributed by atoms with E-state index in [0.29, 0.717) is 5.92 Å². The van der Waals surface area contributed by atoms with Crippen LogP contribution >= 0.6 is 0 Å². The van der Waals surface area contributed by atoms with E-state index in [-0.39, 0.29) is 18.5 Å². The Balaban J connectivity index is 1.85. The number of carbonyl (C=O) groups is 1. The first-order chi connectivity index (χ1) is 13.9. The summed E-state index contributed by atoms with van der Waals surface area (Å²) >= 11 is 0. The van der Waals surface area contributed by atoms with Crippen molar-refractivity contribution in [2.45, 2.75) is 44.6 Å². The largest absolute Gasteiger partial charge is 0.385 e. The Hall–Kier alpha value is -2.21. The van der Waals surface area contributed by atoms with E-state index in [2.05, 4.69) is 48.7 Å². The molecule has 1 heterocycles. The molecular weight excluding hydrogens is 362 g/mol. The van der Waals surface area contributed by atoms with Crippen molar-refractivity contribution >= 4 is 5.91 Å². The summed E-state index contributed by atoms with van der Waals surface area (Å²) in [4.78, 5) is 12.6. The molecule has 5 nitrogen and oxygen atoms in total. The van der Waals surface area contributed by atoms with Crippen LogP contribution in [0.25, 0.3) is 11.1 Å². The standard InChI is InChI=1S/C24H33N3O2/c1-17(2)14-22(23(28)27-16-25)20-5-3-4-19(15-20)18-6-8-21(9-7-18)24(29)10-12-26-13-11-24/h3-9,15,17,22,26,29H,10-14,16,25H2,1-2H3,(H,27,28). The summed E-state index contributed by atoms with van der Waals surface area (Å²) in [6.07, 6.45) is 2.24. The van der Waals surface area contributed by atoms with Crippen LogP contribution in [-0.2, 0) is 10.4 Å². The van der Waals surface area contributed by atoms with Gasteiger partial charge in [0, 0.05) is 0 Å². The van der Waals surface area contributed by atoms with Crippen LogP contribution in [0.3, 0.4) is 0 Å². The lowest BCUT2D eigenvalue weighted by Gasteiger charge is -2.33. The molecule has 2 aromatic carbocycles. The van der Waals surface area contributed by atoms with Crippen molar-refractivity contribution in [2.24, 2.45) is 11.7 Å². The van der Waals surface area contributed by atoms with Crippen molar-refractivity contribution in [1.82, 2.24) is 10.6 Å². The second-order valence-electron chi connectivity index (χ2n) is 8.41. The molecule has 1 fully saturated rings. The Kier molecular flexibility index (Phi) is 7.06. The molecule has 0 bridgehead atoms. The maximum Gasteiger partial charge on any atom is 0.228 e. The molecule has 1 amide bonds. The summed E-state index contributed by atoms with van der Waals surface area (Å²) in [7, 11) is 0. The van der Waals surface area contributed by atoms with Gasteiger partial charge in [-0.3, -0.25) is 4.79 Å². The number of hydrogen-bond donors (Lipinski definition) is 4. The van der Waals surface area contributed by atoms with Crippen molar-refractivity contribution in [3.63, 3.8) is 0 Å². The molecule has 156 valence electrons. The van der Waals surface area contributed by atoms with Gasteiger partial charge in [0.1, 0.15) is 0 Å². The maximum atomic E-state index is 12.6. The molecular formula is C24H33N3O2. The first-order valence-corrected chi connectivity index (χ1v) is 10.5. The summed E-state index contributed by atoms with van der Waals surface area (Å²) in [6.45, 7) is 6.06. The molecule has 0 aromatic heterocycles. The molecule has 0 spiro atoms. The second-order valence-corrected chi connectivity index (χ2v) is 8.41. The average Bonchev–Trinajstić information content (AvgIpc) is 2.73. The van der Waals surface area contributed by atoms with Gasteiger partial charge in [-0.2, -0.15) is 0 Å². The number of piperidine rings is 1. The molecule has 2 aromatic rings. The summed E-state index contributed by atoms with van der Waals surface area (Å²) in [6, 6.07) is 16.3. The Labute approximate surface area is 173 Å². The number of nitrogens with two attached hydrogens (primary N) is 1. The molecule has 0 saturated carbocycles. The zero-order valence-corrected chi connectivity index (χ0v) is 17.4. The van der Waals surface area contributed by atoms with Crippen LogP contribution in [-0.4, -0.2) is 30.8 Å². The van der Waals surface area contributed by atoms with Gasteiger partial charge in [-0.25, -0.2) is 0 Å². The highest BCUT2D eigenvalue weighted by atomic mass is 16.3. The lowest BCUT2D eigenvalue weighted by atomic mass is 9.84. The van der Waals surface area contributed by atoms with Crippen molar-refractivity contribution in [1.29, 1.82) is 0 Å². The highest BCUT2D eigenvalue weighted by Crippen LogP contribution is 2.33. The molecule has 0 radical (unpaired) electrons. The number of rotatable bonds is 7. The third kappa shape index (κ3) is 5.24. The van der Waals surface area contributed by atoms with E-state index >= 15 is 0 Å². The fraction of sp³-hybridized carbons (Fsp3) is 0.458. The molecule has 0 aliphatic carbocycles. The van der Waals surface area contributed by atoms with Crippen LogP contribution in [0.15, 0.2) is 48.5 Å². The SMILES string of the molecule is CC(C)CC(C(=O)NCN)c1cccc(-c2ccc(C3(O)CCNCC3)cc2)c1.